The van der Waals surface area contributed by atoms with Crippen LogP contribution in [0.3, 0.4) is 0 Å². The Balaban J connectivity index is 1.26. The smallest absolute Gasteiger partial charge is 0.253 e. The summed E-state index contributed by atoms with van der Waals surface area (Å²) in [7, 11) is 0. The molecule has 1 amide bonds. The van der Waals surface area contributed by atoms with Gasteiger partial charge in [-0.25, -0.2) is 0 Å². The molecule has 0 aliphatic carbocycles. The molecule has 0 unspecified atom stereocenters. The van der Waals surface area contributed by atoms with Gasteiger partial charge in [0, 0.05) is 55.2 Å². The van der Waals surface area contributed by atoms with Gasteiger partial charge < -0.3 is 19.9 Å². The van der Waals surface area contributed by atoms with Crippen molar-refractivity contribution in [1.82, 2.24) is 10.3 Å². The van der Waals surface area contributed by atoms with Gasteiger partial charge in [0.05, 0.1) is 34.3 Å². The fourth-order valence-corrected chi connectivity index (χ4v) is 5.01. The molecule has 3 aromatic rings. The Morgan fingerprint density at radius 3 is 2.58 bits per heavy atom. The number of nitrogens with zero attached hydrogens (tertiary/aromatic N) is 3. The number of carbonyl (C=O) groups is 1. The molecule has 0 spiro atoms. The molecular weight excluding hydrogens is 459 g/mol. The van der Waals surface area contributed by atoms with Gasteiger partial charge >= 0.3 is 0 Å². The number of ether oxygens (including phenoxy) is 1. The van der Waals surface area contributed by atoms with Gasteiger partial charge in [-0.05, 0) is 49.2 Å². The van der Waals surface area contributed by atoms with E-state index >= 15 is 0 Å². The van der Waals surface area contributed by atoms with Crippen molar-refractivity contribution in [3.63, 3.8) is 0 Å². The van der Waals surface area contributed by atoms with Crippen molar-refractivity contribution in [1.29, 1.82) is 0 Å². The van der Waals surface area contributed by atoms with E-state index in [9.17, 15) is 4.79 Å². The lowest BCUT2D eigenvalue weighted by molar-refractivity contribution is 0.0931. The van der Waals surface area contributed by atoms with Gasteiger partial charge in [-0.3, -0.25) is 9.78 Å². The van der Waals surface area contributed by atoms with Crippen LogP contribution in [0.5, 0.6) is 0 Å². The highest BCUT2D eigenvalue weighted by Crippen LogP contribution is 2.31. The molecule has 2 saturated heterocycles. The molecule has 3 heterocycles. The lowest BCUT2D eigenvalue weighted by Crippen LogP contribution is -2.44. The number of pyridine rings is 1. The second-order valence-electron chi connectivity index (χ2n) is 8.47. The van der Waals surface area contributed by atoms with E-state index in [0.29, 0.717) is 15.6 Å². The minimum atomic E-state index is -0.175. The number of fused-ring (bicyclic) bond motifs is 1. The quantitative estimate of drug-likeness (QED) is 0.577. The number of halogens is 2. The molecule has 0 saturated carbocycles. The maximum Gasteiger partial charge on any atom is 0.253 e. The largest absolute Gasteiger partial charge is 0.378 e. The van der Waals surface area contributed by atoms with Gasteiger partial charge in [0.2, 0.25) is 0 Å². The van der Waals surface area contributed by atoms with Crippen LogP contribution in [-0.2, 0) is 4.74 Å². The minimum absolute atomic E-state index is 0.102. The van der Waals surface area contributed by atoms with E-state index in [1.165, 1.54) is 11.4 Å². The molecule has 5 rings (SSSR count). The molecular formula is C25H26Cl2N4O2. The van der Waals surface area contributed by atoms with Crippen molar-refractivity contribution in [2.45, 2.75) is 18.9 Å². The summed E-state index contributed by atoms with van der Waals surface area (Å²) in [4.78, 5) is 22.0. The van der Waals surface area contributed by atoms with Gasteiger partial charge in [-0.1, -0.05) is 29.3 Å². The molecule has 2 fully saturated rings. The van der Waals surface area contributed by atoms with Crippen molar-refractivity contribution in [2.24, 2.45) is 0 Å². The predicted molar refractivity (Wildman–Crippen MR) is 134 cm³/mol. The molecule has 0 atom stereocenters. The maximum atomic E-state index is 12.7. The molecule has 8 heteroatoms. The molecule has 33 heavy (non-hydrogen) atoms. The van der Waals surface area contributed by atoms with E-state index in [2.05, 4.69) is 44.4 Å². The third-order valence-corrected chi connectivity index (χ3v) is 7.27. The Hall–Kier alpha value is -2.54. The van der Waals surface area contributed by atoms with Crippen LogP contribution in [0.15, 0.2) is 48.7 Å². The zero-order valence-electron chi connectivity index (χ0n) is 18.3. The highest BCUT2D eigenvalue weighted by molar-refractivity contribution is 6.43. The first kappa shape index (κ1) is 22.3. The Kier molecular flexibility index (Phi) is 6.58. The first-order valence-corrected chi connectivity index (χ1v) is 12.1. The molecule has 2 aromatic carbocycles. The lowest BCUT2D eigenvalue weighted by atomic mass is 10.0. The monoisotopic (exact) mass is 484 g/mol. The fraction of sp³-hybridized carbons (Fsp3) is 0.360. The number of carbonyl (C=O) groups excluding carboxylic acids is 1. The van der Waals surface area contributed by atoms with Gasteiger partial charge in [0.25, 0.3) is 5.91 Å². The van der Waals surface area contributed by atoms with Crippen molar-refractivity contribution in [3.05, 3.63) is 64.3 Å². The normalized spacial score (nSPS) is 17.4. The van der Waals surface area contributed by atoms with Crippen molar-refractivity contribution >= 4 is 51.4 Å². The Labute approximate surface area is 203 Å². The van der Waals surface area contributed by atoms with Crippen LogP contribution in [0.4, 0.5) is 11.4 Å². The number of hydrogen-bond donors (Lipinski definition) is 1. The summed E-state index contributed by atoms with van der Waals surface area (Å²) in [6.07, 6.45) is 3.61. The molecule has 1 N–H and O–H groups in total. The Morgan fingerprint density at radius 1 is 1.00 bits per heavy atom. The number of aromatic nitrogens is 1. The zero-order valence-corrected chi connectivity index (χ0v) is 19.8. The number of morpholine rings is 1. The molecule has 0 radical (unpaired) electrons. The molecule has 6 nitrogen and oxygen atoms in total. The number of anilines is 2. The average molecular weight is 485 g/mol. The van der Waals surface area contributed by atoms with Gasteiger partial charge in [-0.15, -0.1) is 0 Å². The molecule has 1 aromatic heterocycles. The molecule has 0 bridgehead atoms. The van der Waals surface area contributed by atoms with Gasteiger partial charge in [0.15, 0.2) is 0 Å². The fourth-order valence-electron chi connectivity index (χ4n) is 4.62. The second kappa shape index (κ2) is 9.75. The van der Waals surface area contributed by atoms with E-state index in [-0.39, 0.29) is 11.9 Å². The van der Waals surface area contributed by atoms with Crippen molar-refractivity contribution < 1.29 is 9.53 Å². The van der Waals surface area contributed by atoms with Crippen LogP contribution >= 0.6 is 23.2 Å². The number of nitrogens with one attached hydrogen (secondary N) is 1. The molecule has 2 aliphatic rings. The van der Waals surface area contributed by atoms with Crippen LogP contribution in [0, 0.1) is 0 Å². The summed E-state index contributed by atoms with van der Waals surface area (Å²) in [5.41, 5.74) is 3.80. The minimum Gasteiger partial charge on any atom is -0.378 e. The van der Waals surface area contributed by atoms with E-state index < -0.39 is 0 Å². The second-order valence-corrected chi connectivity index (χ2v) is 9.25. The summed E-state index contributed by atoms with van der Waals surface area (Å²) in [5.74, 6) is -0.175. The summed E-state index contributed by atoms with van der Waals surface area (Å²) in [6, 6.07) is 13.8. The van der Waals surface area contributed by atoms with Gasteiger partial charge in [0.1, 0.15) is 0 Å². The highest BCUT2D eigenvalue weighted by Gasteiger charge is 2.24. The van der Waals surface area contributed by atoms with E-state index in [4.69, 9.17) is 27.9 Å². The van der Waals surface area contributed by atoms with Crippen molar-refractivity contribution in [2.75, 3.05) is 49.2 Å². The molecule has 2 aliphatic heterocycles. The number of amides is 1. The Morgan fingerprint density at radius 2 is 1.79 bits per heavy atom. The van der Waals surface area contributed by atoms with E-state index in [1.54, 1.807) is 18.2 Å². The van der Waals surface area contributed by atoms with Crippen LogP contribution < -0.4 is 15.1 Å². The predicted octanol–water partition coefficient (Wildman–Crippen LogP) is 4.78. The summed E-state index contributed by atoms with van der Waals surface area (Å²) in [6.45, 7) is 5.06. The number of rotatable bonds is 4. The van der Waals surface area contributed by atoms with Gasteiger partial charge in [-0.2, -0.15) is 0 Å². The third-order valence-electron chi connectivity index (χ3n) is 6.45. The topological polar surface area (TPSA) is 57.7 Å². The number of piperidine rings is 1. The van der Waals surface area contributed by atoms with Crippen LogP contribution in [0.2, 0.25) is 10.0 Å². The standard InChI is InChI=1S/C25H26Cl2N4O2/c26-21-3-1-2-20(24(21)27)25(32)29-17-7-10-31(11-8-17)23-6-9-28-22-16-18(4-5-19(22)23)30-12-14-33-15-13-30/h1-6,9,16-17H,7-8,10-15H2,(H,29,32). The first-order chi connectivity index (χ1) is 16.1. The van der Waals surface area contributed by atoms with Crippen LogP contribution in [0.1, 0.15) is 23.2 Å². The SMILES string of the molecule is O=C(NC1CCN(c2ccnc3cc(N4CCOCC4)ccc23)CC1)c1cccc(Cl)c1Cl. The summed E-state index contributed by atoms with van der Waals surface area (Å²) < 4.78 is 5.47. The molecule has 172 valence electrons. The summed E-state index contributed by atoms with van der Waals surface area (Å²) >= 11 is 12.3. The number of benzene rings is 2. The average Bonchev–Trinajstić information content (AvgIpc) is 2.86. The lowest BCUT2D eigenvalue weighted by Gasteiger charge is -2.34. The Bertz CT molecular complexity index is 1160. The van der Waals surface area contributed by atoms with E-state index in [1.807, 2.05) is 6.20 Å². The third kappa shape index (κ3) is 4.74. The summed E-state index contributed by atoms with van der Waals surface area (Å²) in [5, 5.41) is 4.96. The first-order valence-electron chi connectivity index (χ1n) is 11.3. The van der Waals surface area contributed by atoms with Crippen LogP contribution in [0.25, 0.3) is 10.9 Å². The van der Waals surface area contributed by atoms with Crippen LogP contribution in [-0.4, -0.2) is 56.3 Å². The maximum absolute atomic E-state index is 12.7. The highest BCUT2D eigenvalue weighted by atomic mass is 35.5. The van der Waals surface area contributed by atoms with Crippen molar-refractivity contribution in [3.8, 4) is 0 Å². The zero-order chi connectivity index (χ0) is 22.8. The number of hydrogen-bond acceptors (Lipinski definition) is 5. The van der Waals surface area contributed by atoms with E-state index in [0.717, 1.165) is 63.1 Å².